The Balaban J connectivity index is 2.24. The largest absolute Gasteiger partial charge is 0.573 e. The third kappa shape index (κ3) is 3.44. The molecule has 0 aliphatic heterocycles. The first-order valence-electron chi connectivity index (χ1n) is 5.74. The van der Waals surface area contributed by atoms with E-state index >= 15 is 0 Å². The summed E-state index contributed by atoms with van der Waals surface area (Å²) in [6.45, 7) is 1.61. The lowest BCUT2D eigenvalue weighted by molar-refractivity contribution is -0.274. The van der Waals surface area contributed by atoms with Gasteiger partial charge < -0.3 is 15.8 Å². The highest BCUT2D eigenvalue weighted by molar-refractivity contribution is 6.07. The van der Waals surface area contributed by atoms with Crippen molar-refractivity contribution in [1.29, 1.82) is 0 Å². The molecule has 1 heterocycles. The predicted octanol–water partition coefficient (Wildman–Crippen LogP) is 2.45. The van der Waals surface area contributed by atoms with Crippen molar-refractivity contribution in [3.63, 3.8) is 0 Å². The van der Waals surface area contributed by atoms with Crippen molar-refractivity contribution in [2.24, 2.45) is 0 Å². The first-order valence-corrected chi connectivity index (χ1v) is 5.74. The van der Waals surface area contributed by atoms with Gasteiger partial charge in [0.1, 0.15) is 0 Å². The highest BCUT2D eigenvalue weighted by atomic mass is 19.4. The molecule has 0 aliphatic rings. The van der Waals surface area contributed by atoms with Crippen molar-refractivity contribution in [2.45, 2.75) is 13.3 Å². The van der Waals surface area contributed by atoms with Crippen LogP contribution in [0.25, 0.3) is 0 Å². The highest BCUT2D eigenvalue weighted by Gasteiger charge is 2.32. The van der Waals surface area contributed by atoms with Gasteiger partial charge in [0.15, 0.2) is 11.4 Å². The van der Waals surface area contributed by atoms with E-state index in [1.54, 1.807) is 6.92 Å². The number of nitrogens with zero attached hydrogens (tertiary/aromatic N) is 1. The Morgan fingerprint density at radius 1 is 1.38 bits per heavy atom. The van der Waals surface area contributed by atoms with Crippen LogP contribution in [0.15, 0.2) is 24.3 Å². The van der Waals surface area contributed by atoms with Crippen molar-refractivity contribution in [3.8, 4) is 5.75 Å². The Hall–Kier alpha value is -2.71. The van der Waals surface area contributed by atoms with E-state index in [1.807, 2.05) is 0 Å². The van der Waals surface area contributed by atoms with E-state index in [1.165, 1.54) is 18.2 Å². The quantitative estimate of drug-likeness (QED) is 0.811. The summed E-state index contributed by atoms with van der Waals surface area (Å²) < 4.78 is 40.7. The average molecular weight is 300 g/mol. The summed E-state index contributed by atoms with van der Waals surface area (Å²) in [5.74, 6) is -1.26. The fourth-order valence-corrected chi connectivity index (χ4v) is 1.58. The molecule has 1 aromatic heterocycles. The normalized spacial score (nSPS) is 11.2. The number of anilines is 2. The average Bonchev–Trinajstić information content (AvgIpc) is 2.71. The zero-order chi connectivity index (χ0) is 15.6. The van der Waals surface area contributed by atoms with E-state index in [4.69, 9.17) is 5.73 Å². The van der Waals surface area contributed by atoms with Crippen molar-refractivity contribution in [1.82, 2.24) is 10.2 Å². The number of amides is 1. The molecule has 21 heavy (non-hydrogen) atoms. The molecule has 0 spiro atoms. The van der Waals surface area contributed by atoms with Gasteiger partial charge in [0, 0.05) is 0 Å². The van der Waals surface area contributed by atoms with Crippen molar-refractivity contribution < 1.29 is 22.7 Å². The van der Waals surface area contributed by atoms with Gasteiger partial charge in [-0.15, -0.1) is 13.2 Å². The van der Waals surface area contributed by atoms with Crippen LogP contribution in [0.4, 0.5) is 24.5 Å². The molecule has 0 fully saturated rings. The molecule has 0 unspecified atom stereocenters. The summed E-state index contributed by atoms with van der Waals surface area (Å²) >= 11 is 0. The number of alkyl halides is 3. The third-order valence-electron chi connectivity index (χ3n) is 2.57. The molecular weight excluding hydrogens is 289 g/mol. The van der Waals surface area contributed by atoms with E-state index in [-0.39, 0.29) is 17.1 Å². The molecule has 1 amide bonds. The maximum atomic E-state index is 12.3. The van der Waals surface area contributed by atoms with Gasteiger partial charge in [0.2, 0.25) is 0 Å². The molecular formula is C12H11F3N4O2. The first-order chi connectivity index (χ1) is 9.78. The van der Waals surface area contributed by atoms with Gasteiger partial charge in [-0.25, -0.2) is 0 Å². The van der Waals surface area contributed by atoms with Crippen LogP contribution in [0.5, 0.6) is 5.75 Å². The van der Waals surface area contributed by atoms with E-state index < -0.39 is 18.0 Å². The summed E-state index contributed by atoms with van der Waals surface area (Å²) in [4.78, 5) is 12.0. The van der Waals surface area contributed by atoms with Crippen molar-refractivity contribution in [2.75, 3.05) is 11.1 Å². The van der Waals surface area contributed by atoms with Crippen molar-refractivity contribution >= 4 is 17.3 Å². The molecule has 6 nitrogen and oxygen atoms in total. The Morgan fingerprint density at radius 3 is 2.62 bits per heavy atom. The maximum Gasteiger partial charge on any atom is 0.573 e. The second kappa shape index (κ2) is 5.35. The van der Waals surface area contributed by atoms with E-state index in [0.29, 0.717) is 5.69 Å². The van der Waals surface area contributed by atoms with Crippen LogP contribution in [0, 0.1) is 6.92 Å². The number of aromatic nitrogens is 2. The van der Waals surface area contributed by atoms with Gasteiger partial charge in [-0.05, 0) is 19.1 Å². The Kier molecular flexibility index (Phi) is 3.74. The minimum Gasteiger partial charge on any atom is -0.404 e. The van der Waals surface area contributed by atoms with Crippen LogP contribution < -0.4 is 15.8 Å². The van der Waals surface area contributed by atoms with Crippen LogP contribution in [-0.2, 0) is 0 Å². The predicted molar refractivity (Wildman–Crippen MR) is 68.8 cm³/mol. The van der Waals surface area contributed by atoms with Gasteiger partial charge >= 0.3 is 6.36 Å². The molecule has 0 bridgehead atoms. The number of nitrogen functional groups attached to an aromatic ring is 1. The second-order valence-electron chi connectivity index (χ2n) is 4.11. The van der Waals surface area contributed by atoms with Crippen molar-refractivity contribution in [3.05, 3.63) is 35.7 Å². The molecule has 2 aromatic rings. The number of H-pyrrole nitrogens is 1. The standard InChI is InChI=1S/C12H11F3N4O2/c1-6-9(16)10(19-18-6)11(20)17-7-4-2-3-5-8(7)21-12(13,14)15/h2-5H,16H2,1H3,(H,17,20)(H,18,19). The van der Waals surface area contributed by atoms with Crippen LogP contribution in [0.2, 0.25) is 0 Å². The molecule has 0 saturated heterocycles. The Morgan fingerprint density at radius 2 is 2.05 bits per heavy atom. The molecule has 0 radical (unpaired) electrons. The fraction of sp³-hybridized carbons (Fsp3) is 0.167. The van der Waals surface area contributed by atoms with E-state index in [0.717, 1.165) is 6.07 Å². The van der Waals surface area contributed by atoms with Crippen LogP contribution in [-0.4, -0.2) is 22.5 Å². The number of aromatic amines is 1. The number of benzene rings is 1. The number of ether oxygens (including phenoxy) is 1. The lowest BCUT2D eigenvalue weighted by atomic mass is 10.2. The topological polar surface area (TPSA) is 93.0 Å². The zero-order valence-corrected chi connectivity index (χ0v) is 10.8. The number of hydrogen-bond donors (Lipinski definition) is 3. The number of carbonyl (C=O) groups is 1. The minimum absolute atomic E-state index is 0.102. The van der Waals surface area contributed by atoms with Gasteiger partial charge in [-0.1, -0.05) is 12.1 Å². The second-order valence-corrected chi connectivity index (χ2v) is 4.11. The lowest BCUT2D eigenvalue weighted by Crippen LogP contribution is -2.20. The smallest absolute Gasteiger partial charge is 0.404 e. The van der Waals surface area contributed by atoms with E-state index in [9.17, 15) is 18.0 Å². The molecule has 9 heteroatoms. The molecule has 0 atom stereocenters. The van der Waals surface area contributed by atoms with Gasteiger partial charge in [0.25, 0.3) is 5.91 Å². The monoisotopic (exact) mass is 300 g/mol. The van der Waals surface area contributed by atoms with Gasteiger partial charge in [-0.2, -0.15) is 5.10 Å². The van der Waals surface area contributed by atoms with Gasteiger partial charge in [-0.3, -0.25) is 9.89 Å². The minimum atomic E-state index is -4.86. The number of carbonyl (C=O) groups excluding carboxylic acids is 1. The Bertz CT molecular complexity index is 667. The Labute approximate surface area is 117 Å². The summed E-state index contributed by atoms with van der Waals surface area (Å²) in [6, 6.07) is 5.17. The molecule has 2 rings (SSSR count). The zero-order valence-electron chi connectivity index (χ0n) is 10.8. The molecule has 4 N–H and O–H groups in total. The summed E-state index contributed by atoms with van der Waals surface area (Å²) in [7, 11) is 0. The third-order valence-corrected chi connectivity index (χ3v) is 2.57. The number of aryl methyl sites for hydroxylation is 1. The van der Waals surface area contributed by atoms with E-state index in [2.05, 4.69) is 20.3 Å². The first kappa shape index (κ1) is 14.7. The number of nitrogens with two attached hydrogens (primary N) is 1. The van der Waals surface area contributed by atoms with Gasteiger partial charge in [0.05, 0.1) is 17.1 Å². The maximum absolute atomic E-state index is 12.3. The number of halogens is 3. The highest BCUT2D eigenvalue weighted by Crippen LogP contribution is 2.30. The molecule has 0 aliphatic carbocycles. The fourth-order valence-electron chi connectivity index (χ4n) is 1.58. The summed E-state index contributed by atoms with van der Waals surface area (Å²) in [5, 5.41) is 8.48. The van der Waals surface area contributed by atoms with Crippen LogP contribution in [0.1, 0.15) is 16.2 Å². The molecule has 112 valence electrons. The number of hydrogen-bond acceptors (Lipinski definition) is 4. The molecule has 0 saturated carbocycles. The SMILES string of the molecule is Cc1[nH]nc(C(=O)Nc2ccccc2OC(F)(F)F)c1N. The molecule has 1 aromatic carbocycles. The number of nitrogens with one attached hydrogen (secondary N) is 2. The lowest BCUT2D eigenvalue weighted by Gasteiger charge is -2.13. The summed E-state index contributed by atoms with van der Waals surface area (Å²) in [5.41, 5.74) is 6.00. The van der Waals surface area contributed by atoms with Crippen LogP contribution >= 0.6 is 0 Å². The van der Waals surface area contributed by atoms with Crippen LogP contribution in [0.3, 0.4) is 0 Å². The number of para-hydroxylation sites is 2. The number of rotatable bonds is 3. The summed E-state index contributed by atoms with van der Waals surface area (Å²) in [6.07, 6.45) is -4.86.